The van der Waals surface area contributed by atoms with Gasteiger partial charge in [0.25, 0.3) is 5.91 Å². The fourth-order valence-electron chi connectivity index (χ4n) is 3.86. The molecule has 0 radical (unpaired) electrons. The molecule has 0 bridgehead atoms. The van der Waals surface area contributed by atoms with E-state index in [2.05, 4.69) is 5.32 Å². The average Bonchev–Trinajstić information content (AvgIpc) is 3.34. The number of anilines is 1. The minimum atomic E-state index is -3.59. The van der Waals surface area contributed by atoms with E-state index in [1.54, 1.807) is 5.32 Å². The molecule has 2 aromatic carbocycles. The number of carbonyl (C=O) groups excluding carboxylic acids is 3. The van der Waals surface area contributed by atoms with Crippen LogP contribution in [0.2, 0.25) is 0 Å². The molecule has 2 saturated heterocycles. The number of morpholine rings is 1. The van der Waals surface area contributed by atoms with Crippen molar-refractivity contribution in [3.63, 3.8) is 0 Å². The summed E-state index contributed by atoms with van der Waals surface area (Å²) in [5.74, 6) is -5.78. The van der Waals surface area contributed by atoms with Gasteiger partial charge in [-0.2, -0.15) is 0 Å². The third-order valence-corrected chi connectivity index (χ3v) is 5.58. The van der Waals surface area contributed by atoms with Gasteiger partial charge in [0, 0.05) is 67.0 Å². The second kappa shape index (κ2) is 9.52. The number of amides is 3. The molecule has 5 rings (SSSR count). The topological polar surface area (TPSA) is 91.0 Å². The molecule has 9 heteroatoms. The summed E-state index contributed by atoms with van der Waals surface area (Å²) in [7, 11) is 0. The molecule has 34 heavy (non-hydrogen) atoms. The van der Waals surface area contributed by atoms with Gasteiger partial charge in [-0.1, -0.05) is 12.1 Å². The first-order valence-corrected chi connectivity index (χ1v) is 10.5. The number of hydrogen-bond acceptors (Lipinski definition) is 6. The van der Waals surface area contributed by atoms with Crippen molar-refractivity contribution in [3.8, 4) is 0 Å². The fourth-order valence-corrected chi connectivity index (χ4v) is 3.86. The van der Waals surface area contributed by atoms with Gasteiger partial charge in [-0.05, 0) is 36.1 Å². The quantitative estimate of drug-likeness (QED) is 0.619. The van der Waals surface area contributed by atoms with Gasteiger partial charge >= 0.3 is 0 Å². The second-order valence-electron chi connectivity index (χ2n) is 7.76. The van der Waals surface area contributed by atoms with E-state index in [4.69, 9.17) is 19.8 Å². The molecule has 0 aromatic heterocycles. The van der Waals surface area contributed by atoms with E-state index >= 15 is 4.39 Å². The number of ether oxygens (including phenoxy) is 1. The van der Waals surface area contributed by atoms with Gasteiger partial charge in [-0.3, -0.25) is 24.6 Å². The zero-order chi connectivity index (χ0) is 33.4. The SMILES string of the molecule is [2H]c1c([2H])c(NCc2c([2H])c(CN3CCOCC3)c([2H])c([2H])c2F)c2c(c1[2H])C(=O)N(C1([2H])C(=O)NC(=O)C([2H])([2H])C1([2H])[2H])C2. The summed E-state index contributed by atoms with van der Waals surface area (Å²) in [5.41, 5.74) is -1.46. The predicted molar refractivity (Wildman–Crippen MR) is 122 cm³/mol. The van der Waals surface area contributed by atoms with E-state index in [1.165, 1.54) is 0 Å². The van der Waals surface area contributed by atoms with E-state index in [0.717, 1.165) is 0 Å². The first-order valence-electron chi connectivity index (χ1n) is 16.0. The van der Waals surface area contributed by atoms with Gasteiger partial charge in [0.05, 0.1) is 22.8 Å². The maximum Gasteiger partial charge on any atom is 0.255 e. The second-order valence-corrected chi connectivity index (χ2v) is 7.76. The lowest BCUT2D eigenvalue weighted by Crippen LogP contribution is -2.52. The van der Waals surface area contributed by atoms with Crippen molar-refractivity contribution < 1.29 is 38.6 Å². The van der Waals surface area contributed by atoms with E-state index in [9.17, 15) is 14.4 Å². The Bertz CT molecular complexity index is 1650. The lowest BCUT2D eigenvalue weighted by atomic mass is 10.0. The third-order valence-electron chi connectivity index (χ3n) is 5.58. The van der Waals surface area contributed by atoms with Gasteiger partial charge in [-0.25, -0.2) is 4.39 Å². The molecule has 3 aliphatic rings. The standard InChI is InChI=1S/C25H27FN4O4/c26-20-5-4-16(14-29-8-10-34-11-9-29)12-17(20)13-27-21-3-1-2-18-19(21)15-30(25(18)33)22-6-7-23(31)28-24(22)32/h1-5,12,22,27H,6-11,13-15H2,(H,28,31,32)/i1D,2D,3D,4D,5D,6D2,7D2,12D,22D. The molecule has 3 aliphatic heterocycles. The van der Waals surface area contributed by atoms with Crippen LogP contribution in [-0.2, 0) is 34.0 Å². The molecule has 0 saturated carbocycles. The highest BCUT2D eigenvalue weighted by Crippen LogP contribution is 2.32. The monoisotopic (exact) mass is 477 g/mol. The molecule has 2 fully saturated rings. The Morgan fingerprint density at radius 2 is 2.06 bits per heavy atom. The summed E-state index contributed by atoms with van der Waals surface area (Å²) in [6, 6.07) is -7.22. The molecule has 0 spiro atoms. The van der Waals surface area contributed by atoms with Crippen LogP contribution < -0.4 is 10.6 Å². The van der Waals surface area contributed by atoms with E-state index in [1.807, 2.05) is 4.90 Å². The lowest BCUT2D eigenvalue weighted by Gasteiger charge is -2.29. The molecular weight excluding hydrogens is 439 g/mol. The van der Waals surface area contributed by atoms with Crippen LogP contribution in [0.15, 0.2) is 36.3 Å². The van der Waals surface area contributed by atoms with Crippen LogP contribution in [0.25, 0.3) is 0 Å². The minimum Gasteiger partial charge on any atom is -0.381 e. The maximum absolute atomic E-state index is 15.3. The number of carbonyl (C=O) groups is 3. The van der Waals surface area contributed by atoms with Crippen LogP contribution in [0.3, 0.4) is 0 Å². The van der Waals surface area contributed by atoms with Crippen molar-refractivity contribution in [3.05, 3.63) is 64.3 Å². The van der Waals surface area contributed by atoms with Gasteiger partial charge in [-0.15, -0.1) is 0 Å². The number of nitrogens with zero attached hydrogens (tertiary/aromatic N) is 2. The molecule has 2 N–H and O–H groups in total. The van der Waals surface area contributed by atoms with Crippen molar-refractivity contribution in [1.82, 2.24) is 15.1 Å². The van der Waals surface area contributed by atoms with Crippen LogP contribution in [-0.4, -0.2) is 59.8 Å². The molecular formula is C25H27FN4O4. The summed E-state index contributed by atoms with van der Waals surface area (Å²) < 4.78 is 112. The van der Waals surface area contributed by atoms with Crippen molar-refractivity contribution >= 4 is 23.4 Å². The van der Waals surface area contributed by atoms with Crippen LogP contribution in [0.5, 0.6) is 0 Å². The molecule has 1 atom stereocenters. The Hall–Kier alpha value is -3.30. The van der Waals surface area contributed by atoms with Gasteiger partial charge in [0.15, 0.2) is 0 Å². The van der Waals surface area contributed by atoms with Crippen molar-refractivity contribution in [2.45, 2.75) is 38.4 Å². The van der Waals surface area contributed by atoms with E-state index in [-0.39, 0.29) is 35.0 Å². The average molecular weight is 478 g/mol. The summed E-state index contributed by atoms with van der Waals surface area (Å²) in [6.45, 7) is 0.475. The predicted octanol–water partition coefficient (Wildman–Crippen LogP) is 2.03. The zero-order valence-electron chi connectivity index (χ0n) is 28.9. The Morgan fingerprint density at radius 3 is 2.88 bits per heavy atom. The smallest absolute Gasteiger partial charge is 0.255 e. The minimum absolute atomic E-state index is 0.0682. The number of rotatable bonds is 6. The maximum atomic E-state index is 15.3. The molecule has 2 aromatic rings. The zero-order valence-corrected chi connectivity index (χ0v) is 17.9. The number of piperidine rings is 1. The first kappa shape index (κ1) is 13.0. The van der Waals surface area contributed by atoms with Gasteiger partial charge in [0.2, 0.25) is 11.8 Å². The highest BCUT2D eigenvalue weighted by molar-refractivity contribution is 6.06. The van der Waals surface area contributed by atoms with E-state index in [0.29, 0.717) is 31.2 Å². The lowest BCUT2D eigenvalue weighted by molar-refractivity contribution is -0.136. The molecule has 0 aliphatic carbocycles. The Morgan fingerprint density at radius 1 is 1.24 bits per heavy atom. The van der Waals surface area contributed by atoms with Crippen LogP contribution >= 0.6 is 0 Å². The van der Waals surface area contributed by atoms with E-state index < -0.39 is 91.2 Å². The largest absolute Gasteiger partial charge is 0.381 e. The normalized spacial score (nSPS) is 30.7. The Labute approximate surface area is 212 Å². The molecule has 178 valence electrons. The summed E-state index contributed by atoms with van der Waals surface area (Å²) >= 11 is 0. The molecule has 3 amide bonds. The highest BCUT2D eigenvalue weighted by atomic mass is 19.1. The number of hydrogen-bond donors (Lipinski definition) is 2. The first-order chi connectivity index (χ1) is 20.9. The highest BCUT2D eigenvalue weighted by Gasteiger charge is 2.39. The van der Waals surface area contributed by atoms with Crippen LogP contribution in [0.4, 0.5) is 10.1 Å². The Kier molecular flexibility index (Phi) is 3.63. The number of imide groups is 1. The number of nitrogens with one attached hydrogen (secondary N) is 2. The number of benzene rings is 2. The third kappa shape index (κ3) is 4.53. The molecule has 3 heterocycles. The number of fused-ring (bicyclic) bond motifs is 1. The number of halogens is 1. The fraction of sp³-hybridized carbons (Fsp3) is 0.400. The summed E-state index contributed by atoms with van der Waals surface area (Å²) in [5, 5.41) is 4.26. The van der Waals surface area contributed by atoms with Crippen LogP contribution in [0.1, 0.15) is 54.9 Å². The Balaban J connectivity index is 1.55. The summed E-state index contributed by atoms with van der Waals surface area (Å²) in [6.07, 6.45) is -7.04. The van der Waals surface area contributed by atoms with Crippen molar-refractivity contribution in [2.75, 3.05) is 31.6 Å². The molecule has 8 nitrogen and oxygen atoms in total. The summed E-state index contributed by atoms with van der Waals surface area (Å²) in [4.78, 5) is 40.7. The van der Waals surface area contributed by atoms with Gasteiger partial charge < -0.3 is 15.0 Å². The van der Waals surface area contributed by atoms with Crippen molar-refractivity contribution in [1.29, 1.82) is 0 Å². The molecule has 1 unspecified atom stereocenters. The van der Waals surface area contributed by atoms with Crippen LogP contribution in [0, 0.1) is 5.82 Å². The van der Waals surface area contributed by atoms with Gasteiger partial charge in [0.1, 0.15) is 11.8 Å². The van der Waals surface area contributed by atoms with Crippen molar-refractivity contribution in [2.24, 2.45) is 0 Å².